The molecule has 0 radical (unpaired) electrons. The van der Waals surface area contributed by atoms with Crippen molar-refractivity contribution in [3.05, 3.63) is 71.9 Å². The Hall–Kier alpha value is -3.41. The van der Waals surface area contributed by atoms with Gasteiger partial charge in [0.1, 0.15) is 5.69 Å². The van der Waals surface area contributed by atoms with Crippen molar-refractivity contribution in [1.29, 1.82) is 0 Å². The Bertz CT molecular complexity index is 1010. The predicted octanol–water partition coefficient (Wildman–Crippen LogP) is 3.60. The van der Waals surface area contributed by atoms with Crippen molar-refractivity contribution in [2.24, 2.45) is 0 Å². The number of carbonyl (C=O) groups is 2. The zero-order chi connectivity index (χ0) is 19.7. The van der Waals surface area contributed by atoms with Crippen LogP contribution in [0.1, 0.15) is 29.9 Å². The highest BCUT2D eigenvalue weighted by Crippen LogP contribution is 2.32. The summed E-state index contributed by atoms with van der Waals surface area (Å²) >= 11 is 0. The highest BCUT2D eigenvalue weighted by atomic mass is 16.5. The molecule has 3 aromatic rings. The van der Waals surface area contributed by atoms with Crippen LogP contribution in [0.3, 0.4) is 0 Å². The van der Waals surface area contributed by atoms with E-state index in [4.69, 9.17) is 4.74 Å². The molecular weight excluding hydrogens is 354 g/mol. The third kappa shape index (κ3) is 3.29. The van der Waals surface area contributed by atoms with E-state index in [-0.39, 0.29) is 17.6 Å². The zero-order valence-electron chi connectivity index (χ0n) is 15.8. The van der Waals surface area contributed by atoms with E-state index in [1.807, 2.05) is 61.5 Å². The fourth-order valence-corrected chi connectivity index (χ4v) is 3.55. The van der Waals surface area contributed by atoms with Crippen LogP contribution >= 0.6 is 0 Å². The van der Waals surface area contributed by atoms with Gasteiger partial charge in [-0.15, -0.1) is 0 Å². The molecule has 0 saturated heterocycles. The van der Waals surface area contributed by atoms with Gasteiger partial charge in [0.25, 0.3) is 5.91 Å². The van der Waals surface area contributed by atoms with Crippen molar-refractivity contribution in [2.75, 3.05) is 4.90 Å². The maximum Gasteiger partial charge on any atom is 0.357 e. The third-order valence-electron chi connectivity index (χ3n) is 4.94. The van der Waals surface area contributed by atoms with E-state index in [0.717, 1.165) is 23.2 Å². The minimum atomic E-state index is -0.899. The number of benzene rings is 2. The summed E-state index contributed by atoms with van der Waals surface area (Å²) in [6.07, 6.45) is -0.103. The minimum absolute atomic E-state index is 0.0305. The predicted molar refractivity (Wildman–Crippen MR) is 106 cm³/mol. The largest absolute Gasteiger partial charge is 0.448 e. The van der Waals surface area contributed by atoms with E-state index in [2.05, 4.69) is 10.2 Å². The zero-order valence-corrected chi connectivity index (χ0v) is 15.8. The number of ether oxygens (including phenoxy) is 1. The van der Waals surface area contributed by atoms with Gasteiger partial charge in [0.2, 0.25) is 0 Å². The van der Waals surface area contributed by atoms with E-state index in [9.17, 15) is 9.59 Å². The second kappa shape index (κ2) is 7.31. The Morgan fingerprint density at radius 3 is 2.64 bits per heavy atom. The topological polar surface area (TPSA) is 75.3 Å². The van der Waals surface area contributed by atoms with E-state index in [1.165, 1.54) is 0 Å². The number of esters is 1. The summed E-state index contributed by atoms with van der Waals surface area (Å²) in [4.78, 5) is 27.1. The number of rotatable bonds is 4. The summed E-state index contributed by atoms with van der Waals surface area (Å²) < 4.78 is 5.42. The summed E-state index contributed by atoms with van der Waals surface area (Å²) in [6.45, 7) is 3.59. The molecule has 1 aliphatic rings. The van der Waals surface area contributed by atoms with Gasteiger partial charge in [-0.25, -0.2) is 4.79 Å². The fourth-order valence-electron chi connectivity index (χ4n) is 3.55. The van der Waals surface area contributed by atoms with Crippen LogP contribution in [0.25, 0.3) is 11.3 Å². The fraction of sp³-hybridized carbons (Fsp3) is 0.227. The molecule has 1 aromatic heterocycles. The monoisotopic (exact) mass is 375 g/mol. The number of anilines is 1. The summed E-state index contributed by atoms with van der Waals surface area (Å²) in [5.74, 6) is -0.829. The van der Waals surface area contributed by atoms with Crippen LogP contribution in [0, 0.1) is 0 Å². The Balaban J connectivity index is 1.47. The number of aromatic amines is 1. The molecule has 0 bridgehead atoms. The lowest BCUT2D eigenvalue weighted by Crippen LogP contribution is -2.43. The summed E-state index contributed by atoms with van der Waals surface area (Å²) in [7, 11) is 0. The van der Waals surface area contributed by atoms with Crippen molar-refractivity contribution in [1.82, 2.24) is 10.2 Å². The van der Waals surface area contributed by atoms with Crippen molar-refractivity contribution in [3.8, 4) is 11.3 Å². The second-order valence-electron chi connectivity index (χ2n) is 6.97. The van der Waals surface area contributed by atoms with Gasteiger partial charge in [-0.05, 0) is 38.0 Å². The number of hydrogen-bond acceptors (Lipinski definition) is 4. The maximum atomic E-state index is 12.9. The van der Waals surface area contributed by atoms with Crippen LogP contribution in [0.5, 0.6) is 0 Å². The molecule has 0 saturated carbocycles. The first-order valence-electron chi connectivity index (χ1n) is 9.27. The first-order valence-corrected chi connectivity index (χ1v) is 9.27. The van der Waals surface area contributed by atoms with Crippen molar-refractivity contribution in [3.63, 3.8) is 0 Å². The molecule has 142 valence electrons. The van der Waals surface area contributed by atoms with Crippen LogP contribution in [-0.4, -0.2) is 34.2 Å². The Labute approximate surface area is 163 Å². The quantitative estimate of drug-likeness (QED) is 0.707. The van der Waals surface area contributed by atoms with Gasteiger partial charge >= 0.3 is 5.97 Å². The number of hydrogen-bond donors (Lipinski definition) is 1. The number of fused-ring (bicyclic) bond motifs is 1. The number of amides is 1. The van der Waals surface area contributed by atoms with Crippen molar-refractivity contribution in [2.45, 2.75) is 32.4 Å². The molecule has 0 fully saturated rings. The first-order chi connectivity index (χ1) is 13.5. The highest BCUT2D eigenvalue weighted by Gasteiger charge is 2.34. The number of nitrogens with one attached hydrogen (secondary N) is 1. The lowest BCUT2D eigenvalue weighted by atomic mass is 10.1. The molecule has 2 aromatic carbocycles. The van der Waals surface area contributed by atoms with E-state index in [1.54, 1.807) is 17.9 Å². The lowest BCUT2D eigenvalue weighted by Gasteiger charge is -2.25. The average Bonchev–Trinajstić information content (AvgIpc) is 3.32. The molecule has 2 atom stereocenters. The SMILES string of the molecule is C[C@H](OC(=O)c1cc(-c2ccccc2)n[nH]1)C(=O)N1c2ccccc2C[C@H]1C. The molecular formula is C22H21N3O3. The van der Waals surface area contributed by atoms with Crippen LogP contribution in [-0.2, 0) is 16.0 Å². The summed E-state index contributed by atoms with van der Waals surface area (Å²) in [5.41, 5.74) is 3.77. The molecule has 1 N–H and O–H groups in total. The molecule has 2 heterocycles. The molecule has 28 heavy (non-hydrogen) atoms. The third-order valence-corrected chi connectivity index (χ3v) is 4.94. The maximum absolute atomic E-state index is 12.9. The van der Waals surface area contributed by atoms with Crippen LogP contribution in [0.2, 0.25) is 0 Å². The normalized spacial score (nSPS) is 16.5. The summed E-state index contributed by atoms with van der Waals surface area (Å²) in [6, 6.07) is 19.0. The molecule has 0 unspecified atom stereocenters. The number of H-pyrrole nitrogens is 1. The Kier molecular flexibility index (Phi) is 4.69. The molecule has 0 aliphatic carbocycles. The Morgan fingerprint density at radius 1 is 1.14 bits per heavy atom. The van der Waals surface area contributed by atoms with Gasteiger partial charge in [-0.3, -0.25) is 9.89 Å². The smallest absolute Gasteiger partial charge is 0.357 e. The van der Waals surface area contributed by atoms with Crippen LogP contribution in [0.15, 0.2) is 60.7 Å². The van der Waals surface area contributed by atoms with Crippen molar-refractivity contribution >= 4 is 17.6 Å². The Morgan fingerprint density at radius 2 is 1.86 bits per heavy atom. The van der Waals surface area contributed by atoms with Gasteiger partial charge in [0.05, 0.1) is 5.69 Å². The van der Waals surface area contributed by atoms with E-state index in [0.29, 0.717) is 5.69 Å². The lowest BCUT2D eigenvalue weighted by molar-refractivity contribution is -0.126. The summed E-state index contributed by atoms with van der Waals surface area (Å²) in [5, 5.41) is 6.85. The molecule has 6 heteroatoms. The first kappa shape index (κ1) is 18.0. The number of aromatic nitrogens is 2. The minimum Gasteiger partial charge on any atom is -0.448 e. The molecule has 4 rings (SSSR count). The van der Waals surface area contributed by atoms with Gasteiger partial charge in [-0.2, -0.15) is 5.10 Å². The van der Waals surface area contributed by atoms with Gasteiger partial charge in [0.15, 0.2) is 6.10 Å². The number of nitrogens with zero attached hydrogens (tertiary/aromatic N) is 2. The highest BCUT2D eigenvalue weighted by molar-refractivity contribution is 6.00. The van der Waals surface area contributed by atoms with Gasteiger partial charge < -0.3 is 9.64 Å². The molecule has 1 aliphatic heterocycles. The van der Waals surface area contributed by atoms with Crippen LogP contribution < -0.4 is 4.90 Å². The van der Waals surface area contributed by atoms with Crippen molar-refractivity contribution < 1.29 is 14.3 Å². The molecule has 1 amide bonds. The average molecular weight is 375 g/mol. The van der Waals surface area contributed by atoms with Gasteiger partial charge in [0, 0.05) is 17.3 Å². The van der Waals surface area contributed by atoms with Gasteiger partial charge in [-0.1, -0.05) is 48.5 Å². The molecule has 6 nitrogen and oxygen atoms in total. The number of carbonyl (C=O) groups excluding carboxylic acids is 2. The standard InChI is InChI=1S/C22H21N3O3/c1-14-12-17-10-6-7-11-20(17)25(14)21(26)15(2)28-22(27)19-13-18(23-24-19)16-8-4-3-5-9-16/h3-11,13-15H,12H2,1-2H3,(H,23,24)/t14-,15+/m1/s1. The van der Waals surface area contributed by atoms with E-state index < -0.39 is 12.1 Å². The van der Waals surface area contributed by atoms with E-state index >= 15 is 0 Å². The van der Waals surface area contributed by atoms with Crippen LogP contribution in [0.4, 0.5) is 5.69 Å². The number of para-hydroxylation sites is 1. The second-order valence-corrected chi connectivity index (χ2v) is 6.97. The molecule has 0 spiro atoms.